The summed E-state index contributed by atoms with van der Waals surface area (Å²) in [6.07, 6.45) is 5.51. The van der Waals surface area contributed by atoms with E-state index in [0.717, 1.165) is 30.5 Å². The van der Waals surface area contributed by atoms with Gasteiger partial charge in [-0.15, -0.1) is 0 Å². The maximum absolute atomic E-state index is 5.50. The second-order valence-electron chi connectivity index (χ2n) is 3.55. The molecule has 15 heavy (non-hydrogen) atoms. The van der Waals surface area contributed by atoms with Gasteiger partial charge in [0.1, 0.15) is 0 Å². The quantitative estimate of drug-likeness (QED) is 0.845. The van der Waals surface area contributed by atoms with Crippen LogP contribution in [0.1, 0.15) is 12.8 Å². The normalized spacial score (nSPS) is 17.7. The van der Waals surface area contributed by atoms with Gasteiger partial charge in [0, 0.05) is 25.6 Å². The van der Waals surface area contributed by atoms with Gasteiger partial charge in [0.2, 0.25) is 0 Å². The zero-order valence-corrected chi connectivity index (χ0v) is 9.94. The molecular weight excluding hydrogens is 260 g/mol. The Bertz CT molecular complexity index is 299. The van der Waals surface area contributed by atoms with Gasteiger partial charge in [0.15, 0.2) is 0 Å². The molecule has 1 aliphatic rings. The second kappa shape index (κ2) is 5.42. The number of rotatable bonds is 3. The lowest BCUT2D eigenvalue weighted by atomic mass is 10.0. The van der Waals surface area contributed by atoms with Crippen molar-refractivity contribution in [2.24, 2.45) is 5.92 Å². The van der Waals surface area contributed by atoms with Gasteiger partial charge in [-0.05, 0) is 34.7 Å². The Morgan fingerprint density at radius 3 is 2.67 bits per heavy atom. The van der Waals surface area contributed by atoms with Crippen LogP contribution in [0.15, 0.2) is 16.9 Å². The van der Waals surface area contributed by atoms with Crippen molar-refractivity contribution < 1.29 is 9.47 Å². The van der Waals surface area contributed by atoms with Crippen LogP contribution in [0.4, 0.5) is 0 Å². The van der Waals surface area contributed by atoms with E-state index < -0.39 is 0 Å². The van der Waals surface area contributed by atoms with Gasteiger partial charge < -0.3 is 9.47 Å². The molecule has 0 unspecified atom stereocenters. The van der Waals surface area contributed by atoms with Crippen molar-refractivity contribution in [3.05, 3.63) is 16.9 Å². The van der Waals surface area contributed by atoms with Crippen LogP contribution in [0, 0.1) is 5.92 Å². The van der Waals surface area contributed by atoms with E-state index in [1.807, 2.05) is 0 Å². The zero-order chi connectivity index (χ0) is 10.5. The summed E-state index contributed by atoms with van der Waals surface area (Å²) in [5.74, 6) is 0.575. The Labute approximate surface area is 97.1 Å². The lowest BCUT2D eigenvalue weighted by Gasteiger charge is -2.21. The first-order chi connectivity index (χ1) is 7.34. The molecule has 0 aliphatic carbocycles. The van der Waals surface area contributed by atoms with Crippen molar-refractivity contribution in [2.45, 2.75) is 12.8 Å². The van der Waals surface area contributed by atoms with Crippen molar-refractivity contribution in [3.8, 4) is 6.01 Å². The molecule has 0 aromatic carbocycles. The molecular formula is C10H13BrN2O2. The largest absolute Gasteiger partial charge is 0.463 e. The van der Waals surface area contributed by atoms with Crippen molar-refractivity contribution >= 4 is 15.9 Å². The first-order valence-corrected chi connectivity index (χ1v) is 5.82. The van der Waals surface area contributed by atoms with Gasteiger partial charge in [-0.2, -0.15) is 0 Å². The molecule has 0 radical (unpaired) electrons. The van der Waals surface area contributed by atoms with E-state index in [2.05, 4.69) is 25.9 Å². The molecule has 1 fully saturated rings. The fourth-order valence-electron chi connectivity index (χ4n) is 1.48. The summed E-state index contributed by atoms with van der Waals surface area (Å²) in [6.45, 7) is 2.37. The number of hydrogen-bond donors (Lipinski definition) is 0. The molecule has 1 aliphatic heterocycles. The molecule has 0 spiro atoms. The third kappa shape index (κ3) is 3.43. The molecule has 0 saturated carbocycles. The minimum Gasteiger partial charge on any atom is -0.463 e. The second-order valence-corrected chi connectivity index (χ2v) is 4.47. The predicted molar refractivity (Wildman–Crippen MR) is 58.8 cm³/mol. The third-order valence-corrected chi connectivity index (χ3v) is 2.80. The monoisotopic (exact) mass is 272 g/mol. The van der Waals surface area contributed by atoms with Crippen LogP contribution in [0.25, 0.3) is 0 Å². The van der Waals surface area contributed by atoms with Gasteiger partial charge in [-0.1, -0.05) is 0 Å². The average Bonchev–Trinajstić information content (AvgIpc) is 2.30. The molecule has 1 aromatic heterocycles. The van der Waals surface area contributed by atoms with Crippen LogP contribution >= 0.6 is 15.9 Å². The maximum atomic E-state index is 5.50. The Morgan fingerprint density at radius 1 is 1.33 bits per heavy atom. The SMILES string of the molecule is Brc1cnc(OCC2CCOCC2)nc1. The highest BCUT2D eigenvalue weighted by atomic mass is 79.9. The van der Waals surface area contributed by atoms with Crippen molar-refractivity contribution in [2.75, 3.05) is 19.8 Å². The van der Waals surface area contributed by atoms with Gasteiger partial charge in [-0.3, -0.25) is 0 Å². The van der Waals surface area contributed by atoms with Crippen LogP contribution < -0.4 is 4.74 Å². The molecule has 4 nitrogen and oxygen atoms in total. The molecule has 0 N–H and O–H groups in total. The topological polar surface area (TPSA) is 44.2 Å². The summed E-state index contributed by atoms with van der Waals surface area (Å²) in [4.78, 5) is 8.10. The van der Waals surface area contributed by atoms with Crippen LogP contribution in [0.3, 0.4) is 0 Å². The Morgan fingerprint density at radius 2 is 2.00 bits per heavy atom. The van der Waals surface area contributed by atoms with Gasteiger partial charge in [-0.25, -0.2) is 9.97 Å². The lowest BCUT2D eigenvalue weighted by molar-refractivity contribution is 0.0482. The Balaban J connectivity index is 1.79. The highest BCUT2D eigenvalue weighted by molar-refractivity contribution is 9.10. The van der Waals surface area contributed by atoms with Crippen molar-refractivity contribution in [1.29, 1.82) is 0 Å². The van der Waals surface area contributed by atoms with Crippen LogP contribution in [0.2, 0.25) is 0 Å². The first-order valence-electron chi connectivity index (χ1n) is 5.02. The highest BCUT2D eigenvalue weighted by Gasteiger charge is 2.14. The first kappa shape index (κ1) is 10.8. The average molecular weight is 273 g/mol. The van der Waals surface area contributed by atoms with Gasteiger partial charge in [0.25, 0.3) is 0 Å². The Kier molecular flexibility index (Phi) is 3.91. The molecule has 0 amide bonds. The number of aromatic nitrogens is 2. The molecule has 2 heterocycles. The fourth-order valence-corrected chi connectivity index (χ4v) is 1.69. The Hall–Kier alpha value is -0.680. The highest BCUT2D eigenvalue weighted by Crippen LogP contribution is 2.16. The van der Waals surface area contributed by atoms with Gasteiger partial charge >= 0.3 is 6.01 Å². The number of halogens is 1. The minimum absolute atomic E-state index is 0.449. The van der Waals surface area contributed by atoms with Crippen LogP contribution in [-0.4, -0.2) is 29.8 Å². The standard InChI is InChI=1S/C10H13BrN2O2/c11-9-5-12-10(13-6-9)15-7-8-1-3-14-4-2-8/h5-6,8H,1-4,7H2. The summed E-state index contributed by atoms with van der Waals surface area (Å²) < 4.78 is 11.6. The molecule has 1 aromatic rings. The zero-order valence-electron chi connectivity index (χ0n) is 8.36. The summed E-state index contributed by atoms with van der Waals surface area (Å²) >= 11 is 3.28. The third-order valence-electron chi connectivity index (χ3n) is 2.39. The number of nitrogens with zero attached hydrogens (tertiary/aromatic N) is 2. The van der Waals surface area contributed by atoms with E-state index in [0.29, 0.717) is 18.5 Å². The number of ether oxygens (including phenoxy) is 2. The van der Waals surface area contributed by atoms with E-state index in [4.69, 9.17) is 9.47 Å². The molecule has 5 heteroatoms. The molecule has 0 bridgehead atoms. The molecule has 82 valence electrons. The summed E-state index contributed by atoms with van der Waals surface area (Å²) in [6, 6.07) is 0.449. The molecule has 0 atom stereocenters. The maximum Gasteiger partial charge on any atom is 0.316 e. The van der Waals surface area contributed by atoms with E-state index in [1.54, 1.807) is 12.4 Å². The predicted octanol–water partition coefficient (Wildman–Crippen LogP) is 2.04. The van der Waals surface area contributed by atoms with E-state index >= 15 is 0 Å². The summed E-state index contributed by atoms with van der Waals surface area (Å²) in [7, 11) is 0. The number of hydrogen-bond acceptors (Lipinski definition) is 4. The summed E-state index contributed by atoms with van der Waals surface area (Å²) in [5.41, 5.74) is 0. The van der Waals surface area contributed by atoms with E-state index in [-0.39, 0.29) is 0 Å². The van der Waals surface area contributed by atoms with E-state index in [1.165, 1.54) is 0 Å². The van der Waals surface area contributed by atoms with E-state index in [9.17, 15) is 0 Å². The molecule has 2 rings (SSSR count). The summed E-state index contributed by atoms with van der Waals surface area (Å²) in [5, 5.41) is 0. The smallest absolute Gasteiger partial charge is 0.316 e. The van der Waals surface area contributed by atoms with Gasteiger partial charge in [0.05, 0.1) is 11.1 Å². The fraction of sp³-hybridized carbons (Fsp3) is 0.600. The van der Waals surface area contributed by atoms with Crippen LogP contribution in [0.5, 0.6) is 6.01 Å². The lowest BCUT2D eigenvalue weighted by Crippen LogP contribution is -2.21. The molecule has 1 saturated heterocycles. The van der Waals surface area contributed by atoms with Crippen molar-refractivity contribution in [1.82, 2.24) is 9.97 Å². The van der Waals surface area contributed by atoms with Crippen molar-refractivity contribution in [3.63, 3.8) is 0 Å². The van der Waals surface area contributed by atoms with Crippen LogP contribution in [-0.2, 0) is 4.74 Å². The minimum atomic E-state index is 0.449.